The van der Waals surface area contributed by atoms with Crippen molar-refractivity contribution in [1.29, 1.82) is 0 Å². The van der Waals surface area contributed by atoms with Crippen LogP contribution in [0.5, 0.6) is 0 Å². The third kappa shape index (κ3) is 4.41. The summed E-state index contributed by atoms with van der Waals surface area (Å²) in [6.45, 7) is 10.7. The van der Waals surface area contributed by atoms with Gasteiger partial charge in [0.2, 0.25) is 5.91 Å². The van der Waals surface area contributed by atoms with Crippen LogP contribution in [0, 0.1) is 0 Å². The zero-order valence-corrected chi connectivity index (χ0v) is 13.7. The van der Waals surface area contributed by atoms with Gasteiger partial charge < -0.3 is 16.0 Å². The molecule has 0 bridgehead atoms. The minimum absolute atomic E-state index is 0.0567. The van der Waals surface area contributed by atoms with Crippen molar-refractivity contribution in [1.82, 2.24) is 15.1 Å². The summed E-state index contributed by atoms with van der Waals surface area (Å²) in [7, 11) is 0. The fourth-order valence-electron chi connectivity index (χ4n) is 3.48. The Balaban J connectivity index is 1.73. The van der Waals surface area contributed by atoms with Crippen LogP contribution < -0.4 is 11.1 Å². The number of nitrogens with zero attached hydrogens (tertiary/aromatic N) is 2. The highest BCUT2D eigenvalue weighted by Crippen LogP contribution is 2.25. The van der Waals surface area contributed by atoms with Crippen molar-refractivity contribution >= 4 is 5.91 Å². The van der Waals surface area contributed by atoms with Gasteiger partial charge in [0.05, 0.1) is 5.54 Å². The lowest BCUT2D eigenvalue weighted by Crippen LogP contribution is -2.58. The summed E-state index contributed by atoms with van der Waals surface area (Å²) in [4.78, 5) is 17.3. The van der Waals surface area contributed by atoms with Gasteiger partial charge in [-0.15, -0.1) is 0 Å². The van der Waals surface area contributed by atoms with Crippen LogP contribution in [-0.2, 0) is 4.79 Å². The number of amides is 1. The Hall–Kier alpha value is -0.650. The standard InChI is InChI=1S/C16H32N4O/c1-3-19-9-11-20(12-10-19)14(2)13-18-15(21)16(17)7-5-4-6-8-16/h14H,3-13,17H2,1-2H3,(H,18,21). The van der Waals surface area contributed by atoms with Crippen LogP contribution in [0.25, 0.3) is 0 Å². The molecule has 1 saturated heterocycles. The van der Waals surface area contributed by atoms with Crippen molar-refractivity contribution in [2.45, 2.75) is 57.5 Å². The second-order valence-electron chi connectivity index (χ2n) is 6.75. The molecule has 1 aliphatic heterocycles. The molecule has 3 N–H and O–H groups in total. The summed E-state index contributed by atoms with van der Waals surface area (Å²) < 4.78 is 0. The number of nitrogens with two attached hydrogens (primary N) is 1. The Kier molecular flexibility index (Phi) is 6.02. The number of nitrogens with one attached hydrogen (secondary N) is 1. The Morgan fingerprint density at radius 1 is 1.19 bits per heavy atom. The minimum Gasteiger partial charge on any atom is -0.353 e. The zero-order chi connectivity index (χ0) is 15.3. The van der Waals surface area contributed by atoms with Gasteiger partial charge in [-0.05, 0) is 26.3 Å². The van der Waals surface area contributed by atoms with E-state index in [-0.39, 0.29) is 5.91 Å². The largest absolute Gasteiger partial charge is 0.353 e. The molecular weight excluding hydrogens is 264 g/mol. The van der Waals surface area contributed by atoms with Crippen LogP contribution >= 0.6 is 0 Å². The molecule has 0 spiro atoms. The number of hydrogen-bond acceptors (Lipinski definition) is 4. The normalized spacial score (nSPS) is 25.5. The maximum absolute atomic E-state index is 12.3. The highest BCUT2D eigenvalue weighted by molar-refractivity contribution is 5.86. The second kappa shape index (κ2) is 7.56. The number of likely N-dealkylation sites (N-methyl/N-ethyl adjacent to an activating group) is 1. The summed E-state index contributed by atoms with van der Waals surface area (Å²) in [6.07, 6.45) is 5.05. The molecule has 1 aliphatic carbocycles. The molecule has 5 nitrogen and oxygen atoms in total. The third-order valence-electron chi connectivity index (χ3n) is 5.23. The van der Waals surface area contributed by atoms with Gasteiger partial charge in [-0.2, -0.15) is 0 Å². The van der Waals surface area contributed by atoms with Gasteiger partial charge in [0, 0.05) is 38.8 Å². The van der Waals surface area contributed by atoms with E-state index in [1.165, 1.54) is 6.42 Å². The molecule has 2 aliphatic rings. The monoisotopic (exact) mass is 296 g/mol. The Morgan fingerprint density at radius 3 is 2.38 bits per heavy atom. The Labute approximate surface area is 129 Å². The van der Waals surface area contributed by atoms with E-state index in [1.807, 2.05) is 0 Å². The van der Waals surface area contributed by atoms with Crippen molar-refractivity contribution in [3.63, 3.8) is 0 Å². The summed E-state index contributed by atoms with van der Waals surface area (Å²) >= 11 is 0. The van der Waals surface area contributed by atoms with Crippen LogP contribution in [0.4, 0.5) is 0 Å². The lowest BCUT2D eigenvalue weighted by atomic mass is 9.82. The summed E-state index contributed by atoms with van der Waals surface area (Å²) in [5.74, 6) is 0.0567. The molecule has 0 aromatic rings. The topological polar surface area (TPSA) is 61.6 Å². The summed E-state index contributed by atoms with van der Waals surface area (Å²) in [5.41, 5.74) is 5.66. The van der Waals surface area contributed by atoms with Gasteiger partial charge >= 0.3 is 0 Å². The van der Waals surface area contributed by atoms with E-state index in [2.05, 4.69) is 29.0 Å². The maximum atomic E-state index is 12.3. The zero-order valence-electron chi connectivity index (χ0n) is 13.7. The predicted octanol–water partition coefficient (Wildman–Crippen LogP) is 0.790. The Bertz CT molecular complexity index is 333. The van der Waals surface area contributed by atoms with Crippen LogP contribution in [0.15, 0.2) is 0 Å². The first-order valence-electron chi connectivity index (χ1n) is 8.59. The molecule has 21 heavy (non-hydrogen) atoms. The number of carbonyl (C=O) groups excluding carboxylic acids is 1. The van der Waals surface area contributed by atoms with Gasteiger partial charge in [0.15, 0.2) is 0 Å². The van der Waals surface area contributed by atoms with Gasteiger partial charge in [-0.3, -0.25) is 9.69 Å². The fourth-order valence-corrected chi connectivity index (χ4v) is 3.48. The smallest absolute Gasteiger partial charge is 0.240 e. The van der Waals surface area contributed by atoms with Gasteiger partial charge in [-0.25, -0.2) is 0 Å². The van der Waals surface area contributed by atoms with Crippen molar-refractivity contribution < 1.29 is 4.79 Å². The third-order valence-corrected chi connectivity index (χ3v) is 5.23. The van der Waals surface area contributed by atoms with Crippen LogP contribution in [0.3, 0.4) is 0 Å². The van der Waals surface area contributed by atoms with Crippen LogP contribution in [-0.4, -0.2) is 66.6 Å². The highest BCUT2D eigenvalue weighted by atomic mass is 16.2. The quantitative estimate of drug-likeness (QED) is 0.787. The molecule has 0 aromatic heterocycles. The summed E-state index contributed by atoms with van der Waals surface area (Å²) in [6, 6.07) is 0.389. The van der Waals surface area contributed by atoms with Crippen molar-refractivity contribution in [3.8, 4) is 0 Å². The molecule has 1 saturated carbocycles. The van der Waals surface area contributed by atoms with Crippen LogP contribution in [0.2, 0.25) is 0 Å². The average Bonchev–Trinajstić information content (AvgIpc) is 2.53. The van der Waals surface area contributed by atoms with E-state index >= 15 is 0 Å². The molecule has 2 fully saturated rings. The lowest BCUT2D eigenvalue weighted by Gasteiger charge is -2.38. The SMILES string of the molecule is CCN1CCN(C(C)CNC(=O)C2(N)CCCCC2)CC1. The molecular formula is C16H32N4O. The van der Waals surface area contributed by atoms with Crippen molar-refractivity contribution in [2.75, 3.05) is 39.3 Å². The van der Waals surface area contributed by atoms with Gasteiger partial charge in [-0.1, -0.05) is 26.2 Å². The molecule has 1 unspecified atom stereocenters. The molecule has 122 valence electrons. The van der Waals surface area contributed by atoms with Gasteiger partial charge in [0.1, 0.15) is 0 Å². The molecule has 2 rings (SSSR count). The lowest BCUT2D eigenvalue weighted by molar-refractivity contribution is -0.127. The number of piperazine rings is 1. The molecule has 1 amide bonds. The van der Waals surface area contributed by atoms with E-state index in [9.17, 15) is 4.79 Å². The van der Waals surface area contributed by atoms with E-state index in [0.29, 0.717) is 12.6 Å². The average molecular weight is 296 g/mol. The minimum atomic E-state index is -0.612. The van der Waals surface area contributed by atoms with Crippen LogP contribution in [0.1, 0.15) is 46.0 Å². The van der Waals surface area contributed by atoms with Crippen molar-refractivity contribution in [3.05, 3.63) is 0 Å². The van der Waals surface area contributed by atoms with E-state index in [0.717, 1.165) is 58.4 Å². The summed E-state index contributed by atoms with van der Waals surface area (Å²) in [5, 5.41) is 3.10. The molecule has 0 radical (unpaired) electrons. The van der Waals surface area contributed by atoms with E-state index in [4.69, 9.17) is 5.73 Å². The molecule has 1 heterocycles. The number of hydrogen-bond donors (Lipinski definition) is 2. The molecule has 0 aromatic carbocycles. The number of rotatable bonds is 5. The number of carbonyl (C=O) groups is 1. The first-order valence-corrected chi connectivity index (χ1v) is 8.59. The molecule has 5 heteroatoms. The predicted molar refractivity (Wildman–Crippen MR) is 86.2 cm³/mol. The second-order valence-corrected chi connectivity index (χ2v) is 6.75. The first kappa shape index (κ1) is 16.7. The van der Waals surface area contributed by atoms with E-state index in [1.54, 1.807) is 0 Å². The Morgan fingerprint density at radius 2 is 1.81 bits per heavy atom. The first-order chi connectivity index (χ1) is 10.0. The maximum Gasteiger partial charge on any atom is 0.240 e. The molecule has 1 atom stereocenters. The van der Waals surface area contributed by atoms with E-state index < -0.39 is 5.54 Å². The highest BCUT2D eigenvalue weighted by Gasteiger charge is 2.35. The van der Waals surface area contributed by atoms with Gasteiger partial charge in [0.25, 0.3) is 0 Å². The fraction of sp³-hybridized carbons (Fsp3) is 0.938. The van der Waals surface area contributed by atoms with Crippen molar-refractivity contribution in [2.24, 2.45) is 5.73 Å².